The van der Waals surface area contributed by atoms with Crippen molar-refractivity contribution in [2.75, 3.05) is 13.2 Å². The van der Waals surface area contributed by atoms with Crippen LogP contribution in [-0.2, 0) is 11.2 Å². The second-order valence-electron chi connectivity index (χ2n) is 4.86. The fourth-order valence-electron chi connectivity index (χ4n) is 2.17. The Morgan fingerprint density at radius 3 is 3.06 bits per heavy atom. The molecule has 0 bridgehead atoms. The van der Waals surface area contributed by atoms with Crippen LogP contribution in [0.5, 0.6) is 5.75 Å². The zero-order valence-electron chi connectivity index (χ0n) is 10.7. The second kappa shape index (κ2) is 6.41. The summed E-state index contributed by atoms with van der Waals surface area (Å²) in [7, 11) is 0. The number of nitrogens with two attached hydrogens (primary N) is 1. The lowest BCUT2D eigenvalue weighted by Gasteiger charge is -2.16. The molecular formula is C14H20ClNO2. The maximum Gasteiger partial charge on any atom is 0.141 e. The maximum absolute atomic E-state index is 6.19. The monoisotopic (exact) mass is 269 g/mol. The third-order valence-electron chi connectivity index (χ3n) is 3.03. The van der Waals surface area contributed by atoms with Crippen molar-refractivity contribution in [2.24, 2.45) is 5.73 Å². The first-order valence-corrected chi connectivity index (χ1v) is 6.82. The van der Waals surface area contributed by atoms with Crippen LogP contribution < -0.4 is 10.5 Å². The van der Waals surface area contributed by atoms with E-state index in [9.17, 15) is 0 Å². The minimum atomic E-state index is 0.0912. The standard InChI is InChI=1S/C14H20ClNO2/c1-10(16)8-11-4-2-6-13(15)14(11)18-9-12-5-3-7-17-12/h2,4,6,10,12H,3,5,7-9,16H2,1H3. The molecule has 1 aliphatic rings. The fraction of sp³-hybridized carbons (Fsp3) is 0.571. The van der Waals surface area contributed by atoms with Gasteiger partial charge in [0.05, 0.1) is 11.1 Å². The third kappa shape index (κ3) is 3.61. The van der Waals surface area contributed by atoms with Gasteiger partial charge in [-0.25, -0.2) is 0 Å². The first-order valence-electron chi connectivity index (χ1n) is 6.44. The Kier molecular flexibility index (Phi) is 4.87. The third-order valence-corrected chi connectivity index (χ3v) is 3.33. The van der Waals surface area contributed by atoms with Crippen LogP contribution in [0.1, 0.15) is 25.3 Å². The summed E-state index contributed by atoms with van der Waals surface area (Å²) in [6, 6.07) is 5.88. The average Bonchev–Trinajstić information content (AvgIpc) is 2.80. The minimum absolute atomic E-state index is 0.0912. The van der Waals surface area contributed by atoms with Gasteiger partial charge in [0.15, 0.2) is 0 Å². The molecule has 1 aromatic carbocycles. The molecule has 0 saturated carbocycles. The molecule has 1 aliphatic heterocycles. The zero-order chi connectivity index (χ0) is 13.0. The molecule has 18 heavy (non-hydrogen) atoms. The van der Waals surface area contributed by atoms with Crippen LogP contribution in [0.4, 0.5) is 0 Å². The molecule has 2 N–H and O–H groups in total. The number of ether oxygens (including phenoxy) is 2. The molecule has 1 saturated heterocycles. The van der Waals surface area contributed by atoms with Crippen LogP contribution in [0.3, 0.4) is 0 Å². The van der Waals surface area contributed by atoms with Gasteiger partial charge in [0.2, 0.25) is 0 Å². The van der Waals surface area contributed by atoms with Crippen LogP contribution in [0.2, 0.25) is 5.02 Å². The highest BCUT2D eigenvalue weighted by molar-refractivity contribution is 6.32. The summed E-state index contributed by atoms with van der Waals surface area (Å²) in [5.41, 5.74) is 6.90. The normalized spacial score (nSPS) is 20.9. The molecule has 2 unspecified atom stereocenters. The first kappa shape index (κ1) is 13.7. The molecule has 4 heteroatoms. The van der Waals surface area contributed by atoms with Crippen LogP contribution in [0.25, 0.3) is 0 Å². The lowest BCUT2D eigenvalue weighted by atomic mass is 10.1. The summed E-state index contributed by atoms with van der Waals surface area (Å²) in [4.78, 5) is 0. The predicted octanol–water partition coefficient (Wildman–Crippen LogP) is 2.79. The summed E-state index contributed by atoms with van der Waals surface area (Å²) < 4.78 is 11.4. The fourth-order valence-corrected chi connectivity index (χ4v) is 2.42. The molecule has 0 aliphatic carbocycles. The highest BCUT2D eigenvalue weighted by Gasteiger charge is 2.18. The highest BCUT2D eigenvalue weighted by atomic mass is 35.5. The SMILES string of the molecule is CC(N)Cc1cccc(Cl)c1OCC1CCCO1. The van der Waals surface area contributed by atoms with Crippen molar-refractivity contribution >= 4 is 11.6 Å². The van der Waals surface area contributed by atoms with E-state index in [-0.39, 0.29) is 12.1 Å². The molecule has 1 fully saturated rings. The largest absolute Gasteiger partial charge is 0.489 e. The van der Waals surface area contributed by atoms with Gasteiger partial charge in [-0.3, -0.25) is 0 Å². The molecule has 2 rings (SSSR count). The molecule has 0 aromatic heterocycles. The molecule has 0 spiro atoms. The van der Waals surface area contributed by atoms with Gasteiger partial charge in [-0.1, -0.05) is 23.7 Å². The minimum Gasteiger partial charge on any atom is -0.489 e. The first-order chi connectivity index (χ1) is 8.66. The summed E-state index contributed by atoms with van der Waals surface area (Å²) >= 11 is 6.19. The van der Waals surface area contributed by atoms with Gasteiger partial charge in [0, 0.05) is 12.6 Å². The summed E-state index contributed by atoms with van der Waals surface area (Å²) in [6.45, 7) is 3.38. The van der Waals surface area contributed by atoms with E-state index in [1.807, 2.05) is 25.1 Å². The van der Waals surface area contributed by atoms with Gasteiger partial charge in [-0.15, -0.1) is 0 Å². The Morgan fingerprint density at radius 1 is 1.56 bits per heavy atom. The Balaban J connectivity index is 2.04. The Hall–Kier alpha value is -0.770. The number of para-hydroxylation sites is 1. The van der Waals surface area contributed by atoms with Crippen LogP contribution in [-0.4, -0.2) is 25.4 Å². The molecule has 1 aromatic rings. The van der Waals surface area contributed by atoms with E-state index in [1.54, 1.807) is 0 Å². The van der Waals surface area contributed by atoms with Crippen LogP contribution in [0.15, 0.2) is 18.2 Å². The van der Waals surface area contributed by atoms with Crippen molar-refractivity contribution in [3.05, 3.63) is 28.8 Å². The maximum atomic E-state index is 6.19. The molecule has 1 heterocycles. The van der Waals surface area contributed by atoms with E-state index >= 15 is 0 Å². The predicted molar refractivity (Wildman–Crippen MR) is 73.3 cm³/mol. The zero-order valence-corrected chi connectivity index (χ0v) is 11.5. The van der Waals surface area contributed by atoms with Crippen molar-refractivity contribution in [1.82, 2.24) is 0 Å². The van der Waals surface area contributed by atoms with Crippen LogP contribution >= 0.6 is 11.6 Å². The lowest BCUT2D eigenvalue weighted by Crippen LogP contribution is -2.20. The van der Waals surface area contributed by atoms with Crippen molar-refractivity contribution in [2.45, 2.75) is 38.3 Å². The molecule has 0 radical (unpaired) electrons. The number of benzene rings is 1. The molecule has 3 nitrogen and oxygen atoms in total. The molecule has 100 valence electrons. The van der Waals surface area contributed by atoms with E-state index in [1.165, 1.54) is 0 Å². The molecule has 2 atom stereocenters. The molecular weight excluding hydrogens is 250 g/mol. The van der Waals surface area contributed by atoms with Gasteiger partial charge in [-0.2, -0.15) is 0 Å². The Bertz CT molecular complexity index is 389. The number of hydrogen-bond acceptors (Lipinski definition) is 3. The van der Waals surface area contributed by atoms with Crippen molar-refractivity contribution in [3.8, 4) is 5.75 Å². The summed E-state index contributed by atoms with van der Waals surface area (Å²) in [5.74, 6) is 0.756. The number of halogens is 1. The summed E-state index contributed by atoms with van der Waals surface area (Å²) in [5, 5.41) is 0.645. The van der Waals surface area contributed by atoms with Crippen molar-refractivity contribution in [3.63, 3.8) is 0 Å². The van der Waals surface area contributed by atoms with E-state index in [0.717, 1.165) is 37.2 Å². The van der Waals surface area contributed by atoms with Gasteiger partial charge in [0.25, 0.3) is 0 Å². The van der Waals surface area contributed by atoms with E-state index in [4.69, 9.17) is 26.8 Å². The van der Waals surface area contributed by atoms with E-state index in [0.29, 0.717) is 11.6 Å². The van der Waals surface area contributed by atoms with E-state index in [2.05, 4.69) is 0 Å². The number of hydrogen-bond donors (Lipinski definition) is 1. The van der Waals surface area contributed by atoms with Gasteiger partial charge < -0.3 is 15.2 Å². The average molecular weight is 270 g/mol. The van der Waals surface area contributed by atoms with Gasteiger partial charge >= 0.3 is 0 Å². The quantitative estimate of drug-likeness (QED) is 0.894. The molecule has 0 amide bonds. The Morgan fingerprint density at radius 2 is 2.39 bits per heavy atom. The van der Waals surface area contributed by atoms with Crippen LogP contribution in [0, 0.1) is 0 Å². The van der Waals surface area contributed by atoms with Gasteiger partial charge in [-0.05, 0) is 37.8 Å². The highest BCUT2D eigenvalue weighted by Crippen LogP contribution is 2.30. The summed E-state index contributed by atoms with van der Waals surface area (Å²) in [6.07, 6.45) is 3.14. The lowest BCUT2D eigenvalue weighted by molar-refractivity contribution is 0.0676. The van der Waals surface area contributed by atoms with Crippen molar-refractivity contribution < 1.29 is 9.47 Å². The number of rotatable bonds is 5. The van der Waals surface area contributed by atoms with Crippen molar-refractivity contribution in [1.29, 1.82) is 0 Å². The second-order valence-corrected chi connectivity index (χ2v) is 5.26. The smallest absolute Gasteiger partial charge is 0.141 e. The van der Waals surface area contributed by atoms with Gasteiger partial charge in [0.1, 0.15) is 12.4 Å². The van der Waals surface area contributed by atoms with E-state index < -0.39 is 0 Å². The Labute approximate surface area is 113 Å². The topological polar surface area (TPSA) is 44.5 Å².